The molecule has 28 heavy (non-hydrogen) atoms. The number of fused-ring (bicyclic) bond motifs is 2. The zero-order chi connectivity index (χ0) is 19.3. The van der Waals surface area contributed by atoms with E-state index >= 15 is 0 Å². The third kappa shape index (κ3) is 4.11. The molecule has 3 aromatic rings. The van der Waals surface area contributed by atoms with Crippen molar-refractivity contribution in [3.63, 3.8) is 0 Å². The minimum Gasteiger partial charge on any atom is -0.353 e. The molecule has 142 valence electrons. The number of carbonyl (C=O) groups is 1. The average molecular weight is 371 g/mol. The minimum atomic E-state index is 0.0143. The Balaban J connectivity index is 1.53. The highest BCUT2D eigenvalue weighted by Crippen LogP contribution is 2.36. The summed E-state index contributed by atoms with van der Waals surface area (Å²) in [6, 6.07) is 17.1. The van der Waals surface area contributed by atoms with Gasteiger partial charge in [0.25, 0.3) is 0 Å². The molecule has 0 saturated carbocycles. The average Bonchev–Trinajstić information content (AvgIpc) is 2.86. The zero-order valence-electron chi connectivity index (χ0n) is 16.1. The Morgan fingerprint density at radius 2 is 1.68 bits per heavy atom. The largest absolute Gasteiger partial charge is 0.353 e. The smallest absolute Gasteiger partial charge is 0.221 e. The normalized spacial score (nSPS) is 14.5. The molecule has 1 atom stereocenters. The standard InChI is InChI=1S/C24H25N3O/c1-17(14-20-16-25-12-13-26-20)27-24(28)15-23-21-8-4-2-6-18(21)10-11-19-7-3-5-9-22(19)23/h2-9,12-13,16-17,23H,10-11,14-15H2,1H3,(H,27,28). The number of aryl methyl sites for hydroxylation is 2. The maximum Gasteiger partial charge on any atom is 0.221 e. The van der Waals surface area contributed by atoms with Gasteiger partial charge in [-0.15, -0.1) is 0 Å². The summed E-state index contributed by atoms with van der Waals surface area (Å²) >= 11 is 0. The Bertz CT molecular complexity index is 907. The van der Waals surface area contributed by atoms with E-state index in [1.54, 1.807) is 18.6 Å². The Kier molecular flexibility index (Phi) is 5.47. The fraction of sp³-hybridized carbons (Fsp3) is 0.292. The predicted octanol–water partition coefficient (Wildman–Crippen LogP) is 3.84. The number of benzene rings is 2. The molecule has 4 heteroatoms. The van der Waals surface area contributed by atoms with Crippen LogP contribution < -0.4 is 5.32 Å². The lowest BCUT2D eigenvalue weighted by atomic mass is 9.85. The van der Waals surface area contributed by atoms with Crippen LogP contribution in [-0.4, -0.2) is 21.9 Å². The highest BCUT2D eigenvalue weighted by atomic mass is 16.1. The van der Waals surface area contributed by atoms with Crippen molar-refractivity contribution < 1.29 is 4.79 Å². The SMILES string of the molecule is CC(Cc1cnccn1)NC(=O)CC1c2ccccc2CCc2ccccc21. The van der Waals surface area contributed by atoms with E-state index in [0.29, 0.717) is 12.8 Å². The van der Waals surface area contributed by atoms with Gasteiger partial charge < -0.3 is 5.32 Å². The monoisotopic (exact) mass is 371 g/mol. The van der Waals surface area contributed by atoms with Gasteiger partial charge in [-0.1, -0.05) is 48.5 Å². The lowest BCUT2D eigenvalue weighted by molar-refractivity contribution is -0.121. The Morgan fingerprint density at radius 3 is 2.29 bits per heavy atom. The molecule has 1 aliphatic rings. The van der Waals surface area contributed by atoms with Crippen molar-refractivity contribution in [3.8, 4) is 0 Å². The summed E-state index contributed by atoms with van der Waals surface area (Å²) in [4.78, 5) is 21.3. The first kappa shape index (κ1) is 18.4. The second-order valence-corrected chi connectivity index (χ2v) is 7.52. The van der Waals surface area contributed by atoms with E-state index in [-0.39, 0.29) is 17.9 Å². The molecular weight excluding hydrogens is 346 g/mol. The van der Waals surface area contributed by atoms with Crippen LogP contribution in [0.25, 0.3) is 0 Å². The number of nitrogens with one attached hydrogen (secondary N) is 1. The number of hydrogen-bond donors (Lipinski definition) is 1. The third-order valence-electron chi connectivity index (χ3n) is 5.45. The number of amides is 1. The molecule has 0 aliphatic heterocycles. The lowest BCUT2D eigenvalue weighted by Gasteiger charge is -2.21. The quantitative estimate of drug-likeness (QED) is 0.741. The van der Waals surface area contributed by atoms with Crippen LogP contribution in [-0.2, 0) is 24.1 Å². The lowest BCUT2D eigenvalue weighted by Crippen LogP contribution is -2.35. The summed E-state index contributed by atoms with van der Waals surface area (Å²) < 4.78 is 0. The molecule has 1 unspecified atom stereocenters. The van der Waals surface area contributed by atoms with E-state index in [9.17, 15) is 4.79 Å². The van der Waals surface area contributed by atoms with Crippen LogP contribution in [0.2, 0.25) is 0 Å². The fourth-order valence-corrected chi connectivity index (χ4v) is 4.18. The molecule has 0 saturated heterocycles. The van der Waals surface area contributed by atoms with E-state index in [0.717, 1.165) is 18.5 Å². The van der Waals surface area contributed by atoms with Gasteiger partial charge in [0.05, 0.1) is 5.69 Å². The minimum absolute atomic E-state index is 0.0143. The van der Waals surface area contributed by atoms with E-state index in [1.807, 2.05) is 6.92 Å². The third-order valence-corrected chi connectivity index (χ3v) is 5.45. The van der Waals surface area contributed by atoms with E-state index in [2.05, 4.69) is 63.8 Å². The summed E-state index contributed by atoms with van der Waals surface area (Å²) in [5.74, 6) is 0.173. The number of nitrogens with zero attached hydrogens (tertiary/aromatic N) is 2. The van der Waals surface area contributed by atoms with Crippen molar-refractivity contribution in [2.24, 2.45) is 0 Å². The summed E-state index contributed by atoms with van der Waals surface area (Å²) in [7, 11) is 0. The second kappa shape index (κ2) is 8.34. The van der Waals surface area contributed by atoms with Gasteiger partial charge in [0.15, 0.2) is 0 Å². The van der Waals surface area contributed by atoms with Crippen molar-refractivity contribution >= 4 is 5.91 Å². The molecule has 1 heterocycles. The van der Waals surface area contributed by atoms with E-state index in [4.69, 9.17) is 0 Å². The number of carbonyl (C=O) groups excluding carboxylic acids is 1. The van der Waals surface area contributed by atoms with Gasteiger partial charge in [0.1, 0.15) is 0 Å². The predicted molar refractivity (Wildman–Crippen MR) is 110 cm³/mol. The molecule has 1 aliphatic carbocycles. The summed E-state index contributed by atoms with van der Waals surface area (Å²) in [6.45, 7) is 2.02. The van der Waals surface area contributed by atoms with Gasteiger partial charge in [-0.2, -0.15) is 0 Å². The van der Waals surface area contributed by atoms with Gasteiger partial charge >= 0.3 is 0 Å². The van der Waals surface area contributed by atoms with Crippen LogP contribution in [0, 0.1) is 0 Å². The van der Waals surface area contributed by atoms with Crippen LogP contribution in [0.5, 0.6) is 0 Å². The van der Waals surface area contributed by atoms with Crippen molar-refractivity contribution in [1.82, 2.24) is 15.3 Å². The maximum absolute atomic E-state index is 12.9. The van der Waals surface area contributed by atoms with Crippen LogP contribution in [0.15, 0.2) is 67.1 Å². The summed E-state index contributed by atoms with van der Waals surface area (Å²) in [5.41, 5.74) is 6.15. The highest BCUT2D eigenvalue weighted by molar-refractivity contribution is 5.78. The molecule has 0 bridgehead atoms. The molecule has 0 spiro atoms. The van der Waals surface area contributed by atoms with Gasteiger partial charge in [-0.05, 0) is 42.0 Å². The Hall–Kier alpha value is -3.01. The molecule has 1 amide bonds. The first-order valence-electron chi connectivity index (χ1n) is 9.90. The molecule has 1 N–H and O–H groups in total. The molecule has 0 fully saturated rings. The summed E-state index contributed by atoms with van der Waals surface area (Å²) in [6.07, 6.45) is 8.27. The van der Waals surface area contributed by atoms with Crippen LogP contribution in [0.1, 0.15) is 47.2 Å². The highest BCUT2D eigenvalue weighted by Gasteiger charge is 2.25. The van der Waals surface area contributed by atoms with Gasteiger partial charge in [0, 0.05) is 43.4 Å². The molecule has 0 radical (unpaired) electrons. The van der Waals surface area contributed by atoms with Crippen molar-refractivity contribution in [3.05, 3.63) is 95.1 Å². The number of aromatic nitrogens is 2. The van der Waals surface area contributed by atoms with Crippen LogP contribution in [0.4, 0.5) is 0 Å². The van der Waals surface area contributed by atoms with Gasteiger partial charge in [-0.3, -0.25) is 14.8 Å². The van der Waals surface area contributed by atoms with Gasteiger partial charge in [0.2, 0.25) is 5.91 Å². The number of rotatable bonds is 5. The van der Waals surface area contributed by atoms with Crippen molar-refractivity contribution in [1.29, 1.82) is 0 Å². The van der Waals surface area contributed by atoms with Crippen molar-refractivity contribution in [2.45, 2.75) is 44.6 Å². The Morgan fingerprint density at radius 1 is 1.04 bits per heavy atom. The molecular formula is C24H25N3O. The maximum atomic E-state index is 12.9. The second-order valence-electron chi connectivity index (χ2n) is 7.52. The van der Waals surface area contributed by atoms with E-state index < -0.39 is 0 Å². The zero-order valence-corrected chi connectivity index (χ0v) is 16.1. The molecule has 4 nitrogen and oxygen atoms in total. The first-order valence-corrected chi connectivity index (χ1v) is 9.90. The number of hydrogen-bond acceptors (Lipinski definition) is 3. The first-order chi connectivity index (χ1) is 13.7. The van der Waals surface area contributed by atoms with E-state index in [1.165, 1.54) is 22.3 Å². The molecule has 1 aromatic heterocycles. The van der Waals surface area contributed by atoms with Gasteiger partial charge in [-0.25, -0.2) is 0 Å². The molecule has 4 rings (SSSR count). The topological polar surface area (TPSA) is 54.9 Å². The fourth-order valence-electron chi connectivity index (χ4n) is 4.18. The van der Waals surface area contributed by atoms with Crippen LogP contribution >= 0.6 is 0 Å². The molecule has 2 aromatic carbocycles. The Labute approximate surface area is 166 Å². The summed E-state index contributed by atoms with van der Waals surface area (Å²) in [5, 5.41) is 3.15. The van der Waals surface area contributed by atoms with Crippen molar-refractivity contribution in [2.75, 3.05) is 0 Å². The van der Waals surface area contributed by atoms with Crippen LogP contribution in [0.3, 0.4) is 0 Å².